The minimum absolute atomic E-state index is 0.552. The van der Waals surface area contributed by atoms with Gasteiger partial charge >= 0.3 is 0 Å². The number of rotatable bonds is 2. The van der Waals surface area contributed by atoms with Gasteiger partial charge in [0.2, 0.25) is 0 Å². The predicted octanol–water partition coefficient (Wildman–Crippen LogP) is 2.11. The molecule has 4 nitrogen and oxygen atoms in total. The molecule has 3 heterocycles. The van der Waals surface area contributed by atoms with Gasteiger partial charge in [-0.25, -0.2) is 0 Å². The molecule has 1 N–H and O–H groups in total. The van der Waals surface area contributed by atoms with Crippen molar-refractivity contribution in [3.8, 4) is 0 Å². The lowest BCUT2D eigenvalue weighted by atomic mass is 9.84. The Labute approximate surface area is 116 Å². The van der Waals surface area contributed by atoms with Crippen LogP contribution in [0.15, 0.2) is 10.7 Å². The molecule has 2 atom stereocenters. The fourth-order valence-electron chi connectivity index (χ4n) is 3.52. The van der Waals surface area contributed by atoms with Crippen molar-refractivity contribution in [3.63, 3.8) is 0 Å². The molecule has 0 aliphatic carbocycles. The summed E-state index contributed by atoms with van der Waals surface area (Å²) in [4.78, 5) is 2.52. The van der Waals surface area contributed by atoms with Gasteiger partial charge in [-0.15, -0.1) is 0 Å². The highest BCUT2D eigenvalue weighted by Gasteiger charge is 2.43. The molecule has 2 unspecified atom stereocenters. The summed E-state index contributed by atoms with van der Waals surface area (Å²) in [6.45, 7) is 5.08. The van der Waals surface area contributed by atoms with E-state index in [0.717, 1.165) is 36.1 Å². The van der Waals surface area contributed by atoms with Gasteiger partial charge < -0.3 is 10.0 Å². The van der Waals surface area contributed by atoms with Crippen LogP contribution in [0.1, 0.15) is 38.3 Å². The average Bonchev–Trinajstić information content (AvgIpc) is 2.94. The van der Waals surface area contributed by atoms with Gasteiger partial charge in [0.15, 0.2) is 0 Å². The second-order valence-corrected chi connectivity index (χ2v) is 6.33. The van der Waals surface area contributed by atoms with Crippen LogP contribution >= 0.6 is 15.9 Å². The Morgan fingerprint density at radius 1 is 1.56 bits per heavy atom. The van der Waals surface area contributed by atoms with Crippen LogP contribution < -0.4 is 0 Å². The molecule has 1 aromatic rings. The van der Waals surface area contributed by atoms with Crippen molar-refractivity contribution in [2.24, 2.45) is 0 Å². The van der Waals surface area contributed by atoms with Crippen molar-refractivity contribution >= 4 is 15.9 Å². The van der Waals surface area contributed by atoms with Crippen LogP contribution in [0, 0.1) is 0 Å². The Kier molecular flexibility index (Phi) is 3.24. The fraction of sp³-hybridized carbons (Fsp3) is 0.769. The van der Waals surface area contributed by atoms with E-state index in [2.05, 4.69) is 32.9 Å². The topological polar surface area (TPSA) is 41.3 Å². The molecule has 0 spiro atoms. The largest absolute Gasteiger partial charge is 0.383 e. The zero-order valence-corrected chi connectivity index (χ0v) is 12.4. The Balaban J connectivity index is 1.92. The third-order valence-electron chi connectivity index (χ3n) is 4.42. The number of hydrogen-bond donors (Lipinski definition) is 1. The second kappa shape index (κ2) is 4.62. The first-order valence-corrected chi connectivity index (χ1v) is 7.61. The van der Waals surface area contributed by atoms with E-state index < -0.39 is 5.60 Å². The van der Waals surface area contributed by atoms with Gasteiger partial charge in [0.05, 0.1) is 16.4 Å². The van der Waals surface area contributed by atoms with Gasteiger partial charge in [0.1, 0.15) is 5.60 Å². The van der Waals surface area contributed by atoms with Crippen LogP contribution in [0.5, 0.6) is 0 Å². The summed E-state index contributed by atoms with van der Waals surface area (Å²) in [7, 11) is 0. The summed E-state index contributed by atoms with van der Waals surface area (Å²) in [5.41, 5.74) is 0.258. The molecule has 2 fully saturated rings. The first kappa shape index (κ1) is 12.6. The van der Waals surface area contributed by atoms with Gasteiger partial charge in [-0.2, -0.15) is 5.10 Å². The van der Waals surface area contributed by atoms with E-state index in [-0.39, 0.29) is 0 Å². The summed E-state index contributed by atoms with van der Waals surface area (Å²) in [5, 5.41) is 15.4. The summed E-state index contributed by atoms with van der Waals surface area (Å²) in [6, 6.07) is 0.552. The molecule has 1 aromatic heterocycles. The lowest BCUT2D eigenvalue weighted by Gasteiger charge is -2.41. The minimum Gasteiger partial charge on any atom is -0.383 e. The van der Waals surface area contributed by atoms with E-state index in [1.165, 1.54) is 19.4 Å². The number of fused-ring (bicyclic) bond motifs is 1. The zero-order chi connectivity index (χ0) is 12.8. The quantitative estimate of drug-likeness (QED) is 0.909. The fourth-order valence-corrected chi connectivity index (χ4v) is 4.19. The lowest BCUT2D eigenvalue weighted by Crippen LogP contribution is -2.47. The number of aromatic nitrogens is 2. The van der Waals surface area contributed by atoms with Crippen molar-refractivity contribution in [1.29, 1.82) is 0 Å². The molecular weight excluding hydrogens is 294 g/mol. The van der Waals surface area contributed by atoms with Crippen molar-refractivity contribution < 1.29 is 5.11 Å². The maximum absolute atomic E-state index is 11.1. The molecule has 0 bridgehead atoms. The zero-order valence-electron chi connectivity index (χ0n) is 10.8. The number of halogens is 1. The Morgan fingerprint density at radius 2 is 2.39 bits per heavy atom. The van der Waals surface area contributed by atoms with Crippen LogP contribution in [0.2, 0.25) is 0 Å². The monoisotopic (exact) mass is 313 g/mol. The predicted molar refractivity (Wildman–Crippen MR) is 73.3 cm³/mol. The smallest absolute Gasteiger partial charge is 0.110 e. The molecule has 2 aliphatic heterocycles. The molecule has 3 rings (SSSR count). The third-order valence-corrected chi connectivity index (χ3v) is 5.00. The molecule has 5 heteroatoms. The summed E-state index contributed by atoms with van der Waals surface area (Å²) < 4.78 is 2.87. The van der Waals surface area contributed by atoms with Crippen LogP contribution in [-0.2, 0) is 12.1 Å². The average molecular weight is 314 g/mol. The number of piperidine rings is 1. The number of nitrogens with zero attached hydrogens (tertiary/aromatic N) is 3. The Bertz CT molecular complexity index is 447. The van der Waals surface area contributed by atoms with E-state index in [0.29, 0.717) is 6.04 Å². The van der Waals surface area contributed by atoms with Gasteiger partial charge in [0.25, 0.3) is 0 Å². The molecular formula is C13H20BrN3O. The van der Waals surface area contributed by atoms with Gasteiger partial charge in [-0.1, -0.05) is 0 Å². The SMILES string of the molecule is CCn1ncc(Br)c1C1(O)CCN2CCCC2C1. The van der Waals surface area contributed by atoms with E-state index in [9.17, 15) is 5.11 Å². The highest BCUT2D eigenvalue weighted by Crippen LogP contribution is 2.41. The molecule has 100 valence electrons. The molecule has 2 saturated heterocycles. The van der Waals surface area contributed by atoms with Crippen LogP contribution in [0.4, 0.5) is 0 Å². The summed E-state index contributed by atoms with van der Waals surface area (Å²) in [6.07, 6.45) is 5.96. The Hall–Kier alpha value is -0.390. The molecule has 0 saturated carbocycles. The van der Waals surface area contributed by atoms with Gasteiger partial charge in [-0.3, -0.25) is 4.68 Å². The first-order chi connectivity index (χ1) is 8.64. The molecule has 18 heavy (non-hydrogen) atoms. The van der Waals surface area contributed by atoms with Crippen molar-refractivity contribution in [2.45, 2.75) is 50.8 Å². The first-order valence-electron chi connectivity index (χ1n) is 6.82. The van der Waals surface area contributed by atoms with Gasteiger partial charge in [-0.05, 0) is 55.1 Å². The standard InChI is InChI=1S/C13H20BrN3O/c1-2-17-12(11(14)9-15-17)13(18)5-7-16-6-3-4-10(16)8-13/h9-10,18H,2-8H2,1H3. The van der Waals surface area contributed by atoms with Crippen molar-refractivity contribution in [2.75, 3.05) is 13.1 Å². The molecule has 0 amide bonds. The third kappa shape index (κ3) is 1.92. The molecule has 0 aromatic carbocycles. The maximum atomic E-state index is 11.1. The lowest BCUT2D eigenvalue weighted by molar-refractivity contribution is -0.0476. The van der Waals surface area contributed by atoms with Crippen molar-refractivity contribution in [3.05, 3.63) is 16.4 Å². The van der Waals surface area contributed by atoms with Crippen molar-refractivity contribution in [1.82, 2.24) is 14.7 Å². The number of aliphatic hydroxyl groups is 1. The van der Waals surface area contributed by atoms with Crippen LogP contribution in [0.25, 0.3) is 0 Å². The van der Waals surface area contributed by atoms with Gasteiger partial charge in [0, 0.05) is 19.1 Å². The van der Waals surface area contributed by atoms with E-state index >= 15 is 0 Å². The summed E-state index contributed by atoms with van der Waals surface area (Å²) >= 11 is 3.54. The van der Waals surface area contributed by atoms with E-state index in [1.807, 2.05) is 4.68 Å². The van der Waals surface area contributed by atoms with Crippen LogP contribution in [-0.4, -0.2) is 38.9 Å². The number of aryl methyl sites for hydroxylation is 1. The summed E-state index contributed by atoms with van der Waals surface area (Å²) in [5.74, 6) is 0. The van der Waals surface area contributed by atoms with E-state index in [1.54, 1.807) is 6.20 Å². The highest BCUT2D eigenvalue weighted by atomic mass is 79.9. The second-order valence-electron chi connectivity index (χ2n) is 5.47. The Morgan fingerprint density at radius 3 is 3.17 bits per heavy atom. The number of hydrogen-bond acceptors (Lipinski definition) is 3. The molecule has 0 radical (unpaired) electrons. The normalized spacial score (nSPS) is 32.7. The minimum atomic E-state index is -0.711. The van der Waals surface area contributed by atoms with E-state index in [4.69, 9.17) is 0 Å². The maximum Gasteiger partial charge on any atom is 0.110 e. The molecule has 2 aliphatic rings. The highest BCUT2D eigenvalue weighted by molar-refractivity contribution is 9.10. The van der Waals surface area contributed by atoms with Crippen LogP contribution in [0.3, 0.4) is 0 Å².